The zero-order chi connectivity index (χ0) is 22.5. The van der Waals surface area contributed by atoms with Crippen molar-refractivity contribution in [3.05, 3.63) is 59.0 Å². The second-order valence-electron chi connectivity index (χ2n) is 6.95. The first-order valence-electron chi connectivity index (χ1n) is 9.53. The average Bonchev–Trinajstić information content (AvgIpc) is 2.75. The largest absolute Gasteiger partial charge is 0.417 e. The zero-order valence-corrected chi connectivity index (χ0v) is 17.3. The van der Waals surface area contributed by atoms with Crippen molar-refractivity contribution in [3.63, 3.8) is 0 Å². The van der Waals surface area contributed by atoms with Crippen LogP contribution in [-0.2, 0) is 6.18 Å². The molecular weight excluding hydrogens is 393 g/mol. The van der Waals surface area contributed by atoms with Crippen LogP contribution in [0, 0.1) is 10.8 Å². The number of nitrogens with zero attached hydrogens (tertiary/aromatic N) is 3. The number of allylic oxidation sites excluding steroid dienone is 4. The number of halogens is 3. The molecule has 4 N–H and O–H groups in total. The molecule has 30 heavy (non-hydrogen) atoms. The van der Waals surface area contributed by atoms with Crippen LogP contribution in [0.25, 0.3) is 0 Å². The van der Waals surface area contributed by atoms with Crippen molar-refractivity contribution < 1.29 is 13.2 Å². The normalized spacial score (nSPS) is 16.7. The predicted molar refractivity (Wildman–Crippen MR) is 114 cm³/mol. The minimum absolute atomic E-state index is 0.314. The molecule has 162 valence electrons. The minimum Gasteiger partial charge on any atom is -0.405 e. The molecule has 2 heterocycles. The van der Waals surface area contributed by atoms with Crippen LogP contribution >= 0.6 is 0 Å². The monoisotopic (exact) mass is 420 g/mol. The van der Waals surface area contributed by atoms with Gasteiger partial charge in [0.2, 0.25) is 0 Å². The third-order valence-corrected chi connectivity index (χ3v) is 5.16. The average molecular weight is 420 g/mol. The van der Waals surface area contributed by atoms with Gasteiger partial charge in [-0.2, -0.15) is 13.2 Å². The van der Waals surface area contributed by atoms with E-state index in [0.29, 0.717) is 60.3 Å². The summed E-state index contributed by atoms with van der Waals surface area (Å²) in [7, 11) is 0. The number of hydrogen-bond acceptors (Lipinski definition) is 5. The molecule has 0 aliphatic carbocycles. The van der Waals surface area contributed by atoms with Crippen LogP contribution in [0.3, 0.4) is 0 Å². The Morgan fingerprint density at radius 2 is 1.73 bits per heavy atom. The van der Waals surface area contributed by atoms with Crippen molar-refractivity contribution in [2.75, 3.05) is 31.1 Å². The topological polar surface area (TPSA) is 93.1 Å². The summed E-state index contributed by atoms with van der Waals surface area (Å²) >= 11 is 0. The van der Waals surface area contributed by atoms with E-state index in [4.69, 9.17) is 16.6 Å². The molecule has 0 radical (unpaired) electrons. The SMILES string of the molecule is C/C=C(\C=C/N)C(=N)/C(C)=C(/C)C(=N)N1CCN(c2ccc(C(F)(F)F)cn2)CC1. The Balaban J connectivity index is 2.05. The summed E-state index contributed by atoms with van der Waals surface area (Å²) in [6, 6.07) is 2.41. The molecule has 0 aromatic carbocycles. The van der Waals surface area contributed by atoms with E-state index >= 15 is 0 Å². The van der Waals surface area contributed by atoms with Gasteiger partial charge in [-0.25, -0.2) is 4.98 Å². The second kappa shape index (κ2) is 9.60. The van der Waals surface area contributed by atoms with Crippen molar-refractivity contribution in [3.8, 4) is 0 Å². The van der Waals surface area contributed by atoms with Gasteiger partial charge in [-0.3, -0.25) is 10.8 Å². The van der Waals surface area contributed by atoms with Crippen molar-refractivity contribution in [1.82, 2.24) is 9.88 Å². The van der Waals surface area contributed by atoms with E-state index in [1.165, 1.54) is 12.3 Å². The Bertz CT molecular complexity index is 873. The molecular formula is C21H27F3N6. The highest BCUT2D eigenvalue weighted by Gasteiger charge is 2.31. The smallest absolute Gasteiger partial charge is 0.405 e. The van der Waals surface area contributed by atoms with E-state index in [1.54, 1.807) is 12.2 Å². The number of nitrogens with one attached hydrogen (secondary N) is 2. The zero-order valence-electron chi connectivity index (χ0n) is 17.3. The maximum atomic E-state index is 12.7. The summed E-state index contributed by atoms with van der Waals surface area (Å²) in [5.41, 5.74) is 7.06. The maximum absolute atomic E-state index is 12.7. The minimum atomic E-state index is -4.40. The number of anilines is 1. The summed E-state index contributed by atoms with van der Waals surface area (Å²) in [6.45, 7) is 7.61. The highest BCUT2D eigenvalue weighted by atomic mass is 19.4. The Labute approximate surface area is 174 Å². The van der Waals surface area contributed by atoms with Gasteiger partial charge < -0.3 is 15.5 Å². The third-order valence-electron chi connectivity index (χ3n) is 5.16. The Morgan fingerprint density at radius 1 is 1.10 bits per heavy atom. The Kier molecular flexibility index (Phi) is 7.42. The van der Waals surface area contributed by atoms with Gasteiger partial charge >= 0.3 is 6.18 Å². The molecule has 1 fully saturated rings. The molecule has 0 amide bonds. The summed E-state index contributed by atoms with van der Waals surface area (Å²) in [5, 5.41) is 16.9. The fourth-order valence-corrected chi connectivity index (χ4v) is 3.15. The Hall–Kier alpha value is -3.10. The van der Waals surface area contributed by atoms with Gasteiger partial charge in [-0.1, -0.05) is 6.08 Å². The molecule has 0 atom stereocenters. The number of amidine groups is 1. The summed E-state index contributed by atoms with van der Waals surface area (Å²) < 4.78 is 38.1. The van der Waals surface area contributed by atoms with E-state index in [9.17, 15) is 13.2 Å². The highest BCUT2D eigenvalue weighted by Crippen LogP contribution is 2.29. The number of rotatable bonds is 5. The Morgan fingerprint density at radius 3 is 2.20 bits per heavy atom. The fraction of sp³-hybridized carbons (Fsp3) is 0.381. The van der Waals surface area contributed by atoms with Gasteiger partial charge in [-0.05, 0) is 61.9 Å². The summed E-state index contributed by atoms with van der Waals surface area (Å²) in [5.74, 6) is 0.829. The molecule has 1 aliphatic rings. The lowest BCUT2D eigenvalue weighted by atomic mass is 9.98. The van der Waals surface area contributed by atoms with Gasteiger partial charge in [0, 0.05) is 32.4 Å². The fourth-order valence-electron chi connectivity index (χ4n) is 3.15. The van der Waals surface area contributed by atoms with Gasteiger partial charge in [0.1, 0.15) is 11.7 Å². The van der Waals surface area contributed by atoms with E-state index in [-0.39, 0.29) is 0 Å². The number of hydrogen-bond donors (Lipinski definition) is 3. The van der Waals surface area contributed by atoms with Gasteiger partial charge in [0.05, 0.1) is 11.3 Å². The van der Waals surface area contributed by atoms with Crippen LogP contribution in [0.5, 0.6) is 0 Å². The summed E-state index contributed by atoms with van der Waals surface area (Å²) in [6.07, 6.45) is 1.27. The van der Waals surface area contributed by atoms with Crippen LogP contribution in [0.2, 0.25) is 0 Å². The van der Waals surface area contributed by atoms with Gasteiger partial charge in [0.15, 0.2) is 0 Å². The number of nitrogens with two attached hydrogens (primary N) is 1. The molecule has 1 aromatic rings. The molecule has 1 aliphatic heterocycles. The maximum Gasteiger partial charge on any atom is 0.417 e. The van der Waals surface area contributed by atoms with E-state index in [0.717, 1.165) is 12.3 Å². The first-order valence-corrected chi connectivity index (χ1v) is 9.53. The van der Waals surface area contributed by atoms with Crippen molar-refractivity contribution >= 4 is 17.4 Å². The quantitative estimate of drug-likeness (QED) is 0.382. The molecule has 2 rings (SSSR count). The highest BCUT2D eigenvalue weighted by molar-refractivity contribution is 6.15. The molecule has 0 spiro atoms. The lowest BCUT2D eigenvalue weighted by Gasteiger charge is -2.37. The van der Waals surface area contributed by atoms with Gasteiger partial charge in [-0.15, -0.1) is 0 Å². The molecule has 9 heteroatoms. The van der Waals surface area contributed by atoms with E-state index in [1.807, 2.05) is 30.6 Å². The van der Waals surface area contributed by atoms with Crippen molar-refractivity contribution in [2.45, 2.75) is 26.9 Å². The third kappa shape index (κ3) is 5.28. The number of pyridine rings is 1. The van der Waals surface area contributed by atoms with Crippen LogP contribution in [-0.4, -0.2) is 47.6 Å². The molecule has 0 saturated carbocycles. The van der Waals surface area contributed by atoms with Crippen LogP contribution in [0.15, 0.2) is 53.4 Å². The molecule has 6 nitrogen and oxygen atoms in total. The summed E-state index contributed by atoms with van der Waals surface area (Å²) in [4.78, 5) is 7.75. The van der Waals surface area contributed by atoms with Crippen LogP contribution < -0.4 is 10.6 Å². The molecule has 1 aromatic heterocycles. The lowest BCUT2D eigenvalue weighted by Crippen LogP contribution is -2.49. The van der Waals surface area contributed by atoms with Crippen LogP contribution in [0.1, 0.15) is 26.3 Å². The number of piperazine rings is 1. The lowest BCUT2D eigenvalue weighted by molar-refractivity contribution is -0.137. The number of alkyl halides is 3. The van der Waals surface area contributed by atoms with E-state index < -0.39 is 11.7 Å². The van der Waals surface area contributed by atoms with E-state index in [2.05, 4.69) is 4.98 Å². The second-order valence-corrected chi connectivity index (χ2v) is 6.95. The molecule has 0 unspecified atom stereocenters. The van der Waals surface area contributed by atoms with Crippen molar-refractivity contribution in [2.24, 2.45) is 5.73 Å². The first kappa shape index (κ1) is 23.2. The van der Waals surface area contributed by atoms with Gasteiger partial charge in [0.25, 0.3) is 0 Å². The molecule has 0 bridgehead atoms. The molecule has 1 saturated heterocycles. The number of aromatic nitrogens is 1. The van der Waals surface area contributed by atoms with Crippen LogP contribution in [0.4, 0.5) is 19.0 Å². The van der Waals surface area contributed by atoms with Crippen molar-refractivity contribution in [1.29, 1.82) is 10.8 Å². The standard InChI is InChI=1S/C21H27F3N6/c1-4-16(7-8-25)19(26)14(2)15(3)20(27)30-11-9-29(10-12-30)18-6-5-17(13-28-18)21(22,23)24/h4-8,13,26-27H,9-12,25H2,1-3H3/b8-7-,15-14-,16-4+,26-19?,27-20?. The predicted octanol–water partition coefficient (Wildman–Crippen LogP) is 3.97. The first-order chi connectivity index (χ1) is 14.1.